The molecule has 1 N–H and O–H groups in total. The van der Waals surface area contributed by atoms with Crippen LogP contribution in [0.2, 0.25) is 0 Å². The summed E-state index contributed by atoms with van der Waals surface area (Å²) in [5, 5.41) is 3.41. The molecule has 0 fully saturated rings. The Labute approximate surface area is 125 Å². The van der Waals surface area contributed by atoms with E-state index in [1.54, 1.807) is 7.11 Å². The van der Waals surface area contributed by atoms with Crippen LogP contribution in [-0.2, 0) is 13.0 Å². The molecule has 1 aromatic carbocycles. The Morgan fingerprint density at radius 1 is 1.24 bits per heavy atom. The van der Waals surface area contributed by atoms with Gasteiger partial charge >= 0.3 is 0 Å². The van der Waals surface area contributed by atoms with E-state index in [-0.39, 0.29) is 0 Å². The van der Waals surface area contributed by atoms with Crippen LogP contribution in [0.3, 0.4) is 0 Å². The maximum absolute atomic E-state index is 5.30. The lowest BCUT2D eigenvalue weighted by molar-refractivity contribution is 0.415. The van der Waals surface area contributed by atoms with E-state index in [2.05, 4.69) is 19.2 Å². The first-order chi connectivity index (χ1) is 10.2. The van der Waals surface area contributed by atoms with Gasteiger partial charge in [-0.1, -0.05) is 26.0 Å². The van der Waals surface area contributed by atoms with Crippen LogP contribution in [0.15, 0.2) is 24.3 Å². The fourth-order valence-electron chi connectivity index (χ4n) is 2.74. The van der Waals surface area contributed by atoms with Gasteiger partial charge in [-0.3, -0.25) is 0 Å². The lowest BCUT2D eigenvalue weighted by Crippen LogP contribution is -2.27. The van der Waals surface area contributed by atoms with E-state index in [9.17, 15) is 0 Å². The van der Waals surface area contributed by atoms with Gasteiger partial charge in [0.2, 0.25) is 0 Å². The van der Waals surface area contributed by atoms with Crippen molar-refractivity contribution >= 4 is 0 Å². The van der Waals surface area contributed by atoms with Gasteiger partial charge in [0, 0.05) is 30.6 Å². The molecule has 0 atom stereocenters. The molecule has 1 aliphatic rings. The van der Waals surface area contributed by atoms with E-state index < -0.39 is 0 Å². The smallest absolute Gasteiger partial charge is 0.159 e. The van der Waals surface area contributed by atoms with Crippen molar-refractivity contribution < 1.29 is 4.74 Å². The quantitative estimate of drug-likeness (QED) is 0.941. The van der Waals surface area contributed by atoms with Crippen molar-refractivity contribution in [2.45, 2.75) is 32.7 Å². The van der Waals surface area contributed by atoms with Gasteiger partial charge in [-0.2, -0.15) is 0 Å². The molecule has 1 aromatic heterocycles. The molecule has 0 saturated carbocycles. The van der Waals surface area contributed by atoms with Gasteiger partial charge in [0.05, 0.1) is 18.5 Å². The highest BCUT2D eigenvalue weighted by Crippen LogP contribution is 2.27. The number of benzene rings is 1. The van der Waals surface area contributed by atoms with Gasteiger partial charge < -0.3 is 10.1 Å². The number of rotatable bonds is 3. The monoisotopic (exact) mass is 283 g/mol. The highest BCUT2D eigenvalue weighted by Gasteiger charge is 2.19. The summed E-state index contributed by atoms with van der Waals surface area (Å²) >= 11 is 0. The Balaban J connectivity index is 2.12. The summed E-state index contributed by atoms with van der Waals surface area (Å²) in [4.78, 5) is 9.62. The van der Waals surface area contributed by atoms with Gasteiger partial charge in [0.25, 0.3) is 0 Å². The molecular formula is C17H21N3O. The van der Waals surface area contributed by atoms with Gasteiger partial charge in [-0.15, -0.1) is 0 Å². The predicted molar refractivity (Wildman–Crippen MR) is 83.5 cm³/mol. The molecule has 2 aromatic rings. The molecule has 1 aliphatic heterocycles. The fraction of sp³-hybridized carbons (Fsp3) is 0.412. The van der Waals surface area contributed by atoms with E-state index in [1.165, 1.54) is 11.3 Å². The zero-order valence-electron chi connectivity index (χ0n) is 12.8. The first-order valence-corrected chi connectivity index (χ1v) is 7.44. The summed E-state index contributed by atoms with van der Waals surface area (Å²) in [6, 6.07) is 7.95. The molecule has 0 unspecified atom stereocenters. The topological polar surface area (TPSA) is 47.0 Å². The molecule has 2 heterocycles. The van der Waals surface area contributed by atoms with E-state index >= 15 is 0 Å². The van der Waals surface area contributed by atoms with E-state index in [1.807, 2.05) is 24.3 Å². The third-order valence-electron chi connectivity index (χ3n) is 3.84. The minimum absolute atomic E-state index is 0.394. The summed E-state index contributed by atoms with van der Waals surface area (Å²) in [5.74, 6) is 2.03. The van der Waals surface area contributed by atoms with Crippen molar-refractivity contribution in [3.63, 3.8) is 0 Å². The zero-order valence-corrected chi connectivity index (χ0v) is 12.8. The zero-order chi connectivity index (χ0) is 14.8. The van der Waals surface area contributed by atoms with Crippen molar-refractivity contribution in [3.05, 3.63) is 41.2 Å². The Morgan fingerprint density at radius 2 is 2.10 bits per heavy atom. The molecule has 0 saturated heterocycles. The maximum Gasteiger partial charge on any atom is 0.159 e. The average Bonchev–Trinajstić information content (AvgIpc) is 2.53. The highest BCUT2D eigenvalue weighted by molar-refractivity contribution is 5.58. The lowest BCUT2D eigenvalue weighted by atomic mass is 9.98. The van der Waals surface area contributed by atoms with Crippen LogP contribution in [0.5, 0.6) is 5.75 Å². The largest absolute Gasteiger partial charge is 0.497 e. The number of nitrogens with one attached hydrogen (secondary N) is 1. The Kier molecular flexibility index (Phi) is 3.88. The summed E-state index contributed by atoms with van der Waals surface area (Å²) < 4.78 is 5.30. The number of ether oxygens (including phenoxy) is 1. The molecule has 0 amide bonds. The second-order valence-corrected chi connectivity index (χ2v) is 5.67. The van der Waals surface area contributed by atoms with Crippen LogP contribution >= 0.6 is 0 Å². The maximum atomic E-state index is 5.30. The minimum Gasteiger partial charge on any atom is -0.497 e. The van der Waals surface area contributed by atoms with Gasteiger partial charge in [0.1, 0.15) is 5.75 Å². The van der Waals surface area contributed by atoms with E-state index in [4.69, 9.17) is 14.7 Å². The number of nitrogens with zero attached hydrogens (tertiary/aromatic N) is 2. The van der Waals surface area contributed by atoms with E-state index in [0.29, 0.717) is 5.92 Å². The molecule has 4 nitrogen and oxygen atoms in total. The van der Waals surface area contributed by atoms with Crippen molar-refractivity contribution in [2.24, 2.45) is 0 Å². The molecule has 21 heavy (non-hydrogen) atoms. The number of hydrogen-bond donors (Lipinski definition) is 1. The van der Waals surface area contributed by atoms with Gasteiger partial charge in [0.15, 0.2) is 5.82 Å². The van der Waals surface area contributed by atoms with E-state index in [0.717, 1.165) is 42.3 Å². The normalized spacial score (nSPS) is 14.1. The van der Waals surface area contributed by atoms with Crippen LogP contribution in [0, 0.1) is 0 Å². The highest BCUT2D eigenvalue weighted by atomic mass is 16.5. The lowest BCUT2D eigenvalue weighted by Gasteiger charge is -2.21. The van der Waals surface area contributed by atoms with Crippen LogP contribution in [-0.4, -0.2) is 23.6 Å². The Morgan fingerprint density at radius 3 is 2.86 bits per heavy atom. The Bertz CT molecular complexity index is 652. The summed E-state index contributed by atoms with van der Waals surface area (Å²) in [5.41, 5.74) is 4.63. The van der Waals surface area contributed by atoms with Crippen LogP contribution in [0.4, 0.5) is 0 Å². The first kappa shape index (κ1) is 14.0. The number of methoxy groups -OCH3 is 1. The van der Waals surface area contributed by atoms with Crippen molar-refractivity contribution in [3.8, 4) is 17.1 Å². The van der Waals surface area contributed by atoms with Crippen molar-refractivity contribution in [2.75, 3.05) is 13.7 Å². The molecule has 0 spiro atoms. The number of aromatic nitrogens is 2. The standard InChI is InChI=1S/C17H21N3O/c1-11(2)16-14-10-18-8-7-15(14)19-17(20-16)12-5-4-6-13(9-12)21-3/h4-6,9,11,18H,7-8,10H2,1-3H3. The molecule has 0 bridgehead atoms. The van der Waals surface area contributed by atoms with Crippen LogP contribution < -0.4 is 10.1 Å². The van der Waals surface area contributed by atoms with Gasteiger partial charge in [-0.25, -0.2) is 9.97 Å². The number of fused-ring (bicyclic) bond motifs is 1. The molecule has 110 valence electrons. The van der Waals surface area contributed by atoms with Crippen LogP contribution in [0.25, 0.3) is 11.4 Å². The molecule has 3 rings (SSSR count). The Hall–Kier alpha value is -1.94. The van der Waals surface area contributed by atoms with Gasteiger partial charge in [-0.05, 0) is 18.1 Å². The first-order valence-electron chi connectivity index (χ1n) is 7.44. The predicted octanol–water partition coefficient (Wildman–Crippen LogP) is 2.92. The summed E-state index contributed by atoms with van der Waals surface area (Å²) in [7, 11) is 1.68. The van der Waals surface area contributed by atoms with Crippen molar-refractivity contribution in [1.29, 1.82) is 0 Å². The number of hydrogen-bond acceptors (Lipinski definition) is 4. The second-order valence-electron chi connectivity index (χ2n) is 5.67. The summed E-state index contributed by atoms with van der Waals surface area (Å²) in [6.07, 6.45) is 0.967. The molecule has 4 heteroatoms. The second kappa shape index (κ2) is 5.82. The molecule has 0 aliphatic carbocycles. The molecule has 0 radical (unpaired) electrons. The summed E-state index contributed by atoms with van der Waals surface area (Å²) in [6.45, 7) is 6.24. The third-order valence-corrected chi connectivity index (χ3v) is 3.84. The SMILES string of the molecule is COc1cccc(-c2nc3c(c(C(C)C)n2)CNCC3)c1. The van der Waals surface area contributed by atoms with Crippen molar-refractivity contribution in [1.82, 2.24) is 15.3 Å². The molecular weight excluding hydrogens is 262 g/mol. The third kappa shape index (κ3) is 2.76. The minimum atomic E-state index is 0.394. The fourth-order valence-corrected chi connectivity index (χ4v) is 2.74. The average molecular weight is 283 g/mol. The van der Waals surface area contributed by atoms with Crippen LogP contribution in [0.1, 0.15) is 36.7 Å².